The van der Waals surface area contributed by atoms with Crippen LogP contribution in [0, 0.1) is 0 Å². The number of nitrogens with zero attached hydrogens (tertiary/aromatic N) is 2. The molecule has 1 atom stereocenters. The maximum atomic E-state index is 13.6. The predicted octanol–water partition coefficient (Wildman–Crippen LogP) is 4.68. The van der Waals surface area contributed by atoms with Crippen LogP contribution in [0.3, 0.4) is 0 Å². The van der Waals surface area contributed by atoms with Gasteiger partial charge in [-0.3, -0.25) is 4.79 Å². The average molecular weight is 471 g/mol. The lowest BCUT2D eigenvalue weighted by Gasteiger charge is -2.30. The molecule has 0 aliphatic rings. The van der Waals surface area contributed by atoms with Gasteiger partial charge in [-0.2, -0.15) is 26.3 Å². The van der Waals surface area contributed by atoms with E-state index in [0.29, 0.717) is 11.1 Å². The number of benzene rings is 2. The lowest BCUT2D eigenvalue weighted by molar-refractivity contribution is -0.272. The number of carbonyl (C=O) groups is 1. The van der Waals surface area contributed by atoms with E-state index in [2.05, 4.69) is 10.3 Å². The highest BCUT2D eigenvalue weighted by Gasteiger charge is 2.57. The first-order valence-corrected chi connectivity index (χ1v) is 9.66. The molecule has 0 aliphatic heterocycles. The van der Waals surface area contributed by atoms with Crippen LogP contribution in [-0.2, 0) is 18.8 Å². The van der Waals surface area contributed by atoms with Gasteiger partial charge in [-0.1, -0.05) is 30.3 Å². The highest BCUT2D eigenvalue weighted by atomic mass is 19.4. The third kappa shape index (κ3) is 5.03. The van der Waals surface area contributed by atoms with E-state index in [1.807, 2.05) is 0 Å². The molecule has 1 heterocycles. The number of aromatic nitrogens is 2. The smallest absolute Gasteiger partial charge is 0.374 e. The molecule has 0 fully saturated rings. The molecule has 0 saturated carbocycles. The van der Waals surface area contributed by atoms with Gasteiger partial charge >= 0.3 is 12.4 Å². The minimum atomic E-state index is -5.05. The summed E-state index contributed by atoms with van der Waals surface area (Å²) in [6.07, 6.45) is -8.09. The Morgan fingerprint density at radius 3 is 2.21 bits per heavy atom. The molecule has 5 nitrogen and oxygen atoms in total. The Morgan fingerprint density at radius 1 is 1.03 bits per heavy atom. The molecule has 0 saturated heterocycles. The van der Waals surface area contributed by atoms with Crippen molar-refractivity contribution in [2.75, 3.05) is 6.54 Å². The number of imidazole rings is 1. The maximum absolute atomic E-state index is 13.6. The zero-order chi connectivity index (χ0) is 24.4. The molecule has 0 bridgehead atoms. The predicted molar refractivity (Wildman–Crippen MR) is 107 cm³/mol. The van der Waals surface area contributed by atoms with Gasteiger partial charge in [-0.25, -0.2) is 4.98 Å². The Morgan fingerprint density at radius 2 is 1.67 bits per heavy atom. The quantitative estimate of drug-likeness (QED) is 0.514. The minimum absolute atomic E-state index is 0.0600. The molecule has 11 heteroatoms. The fraction of sp³-hybridized carbons (Fsp3) is 0.273. The van der Waals surface area contributed by atoms with Crippen LogP contribution < -0.4 is 5.32 Å². The van der Waals surface area contributed by atoms with Crippen molar-refractivity contribution in [2.24, 2.45) is 7.05 Å². The number of halogens is 6. The van der Waals surface area contributed by atoms with Gasteiger partial charge in [0.05, 0.1) is 5.56 Å². The molecule has 3 rings (SSSR count). The number of aliphatic hydroxyl groups is 1. The summed E-state index contributed by atoms with van der Waals surface area (Å²) >= 11 is 0. The molecular weight excluding hydrogens is 452 g/mol. The molecule has 0 spiro atoms. The number of hydrogen-bond acceptors (Lipinski definition) is 3. The zero-order valence-electron chi connectivity index (χ0n) is 17.2. The Hall–Kier alpha value is -3.34. The van der Waals surface area contributed by atoms with Crippen molar-refractivity contribution >= 4 is 5.91 Å². The van der Waals surface area contributed by atoms with E-state index >= 15 is 0 Å². The van der Waals surface area contributed by atoms with Crippen LogP contribution in [0.4, 0.5) is 26.3 Å². The highest BCUT2D eigenvalue weighted by molar-refractivity contribution is 6.00. The van der Waals surface area contributed by atoms with Crippen molar-refractivity contribution in [2.45, 2.75) is 24.4 Å². The molecule has 176 valence electrons. The van der Waals surface area contributed by atoms with Crippen LogP contribution in [0.1, 0.15) is 28.2 Å². The molecule has 3 aromatic rings. The second kappa shape index (κ2) is 8.89. The summed E-state index contributed by atoms with van der Waals surface area (Å²) in [7, 11) is 1.30. The highest BCUT2D eigenvalue weighted by Crippen LogP contribution is 2.40. The number of aryl methyl sites for hydroxylation is 1. The van der Waals surface area contributed by atoms with Crippen LogP contribution in [0.15, 0.2) is 60.9 Å². The van der Waals surface area contributed by atoms with Gasteiger partial charge < -0.3 is 15.0 Å². The first-order valence-electron chi connectivity index (χ1n) is 9.66. The lowest BCUT2D eigenvalue weighted by atomic mass is 9.96. The monoisotopic (exact) mass is 471 g/mol. The van der Waals surface area contributed by atoms with Crippen molar-refractivity contribution in [3.63, 3.8) is 0 Å². The Labute approximate surface area is 184 Å². The summed E-state index contributed by atoms with van der Waals surface area (Å²) in [5.74, 6) is -1.36. The van der Waals surface area contributed by atoms with E-state index in [9.17, 15) is 36.2 Å². The molecule has 0 aliphatic carbocycles. The fourth-order valence-corrected chi connectivity index (χ4v) is 3.37. The summed E-state index contributed by atoms with van der Waals surface area (Å²) < 4.78 is 80.3. The zero-order valence-corrected chi connectivity index (χ0v) is 17.2. The number of carbonyl (C=O) groups excluding carboxylic acids is 1. The Kier molecular flexibility index (Phi) is 6.55. The van der Waals surface area contributed by atoms with Gasteiger partial charge in [0, 0.05) is 38.0 Å². The SMILES string of the molecule is Cn1ccnc1C(O)(CCNC(=O)c1ccccc1-c1ccc(C(F)(F)F)cc1)C(F)(F)F. The number of amides is 1. The van der Waals surface area contributed by atoms with E-state index < -0.39 is 48.2 Å². The molecule has 2 N–H and O–H groups in total. The second-order valence-corrected chi connectivity index (χ2v) is 7.35. The van der Waals surface area contributed by atoms with Crippen molar-refractivity contribution in [3.05, 3.63) is 77.9 Å². The average Bonchev–Trinajstić information content (AvgIpc) is 3.18. The standard InChI is InChI=1S/C22H19F6N3O2/c1-31-13-12-30-19(31)20(33,22(26,27)28)10-11-29-18(32)17-5-3-2-4-16(17)14-6-8-15(9-7-14)21(23,24)25/h2-9,12-13,33H,10-11H2,1H3,(H,29,32). The largest absolute Gasteiger partial charge is 0.424 e. The van der Waals surface area contributed by atoms with Crippen molar-refractivity contribution in [1.82, 2.24) is 14.9 Å². The minimum Gasteiger partial charge on any atom is -0.374 e. The van der Waals surface area contributed by atoms with Gasteiger partial charge in [0.15, 0.2) is 0 Å². The van der Waals surface area contributed by atoms with Gasteiger partial charge in [-0.05, 0) is 29.3 Å². The summed E-state index contributed by atoms with van der Waals surface area (Å²) in [4.78, 5) is 16.3. The number of rotatable bonds is 6. The molecule has 1 unspecified atom stereocenters. The van der Waals surface area contributed by atoms with Gasteiger partial charge in [-0.15, -0.1) is 0 Å². The molecule has 2 aromatic carbocycles. The summed E-state index contributed by atoms with van der Waals surface area (Å²) in [6.45, 7) is -0.539. The van der Waals surface area contributed by atoms with Gasteiger partial charge in [0.2, 0.25) is 5.60 Å². The molecule has 1 aromatic heterocycles. The first kappa shape index (κ1) is 24.3. The third-order valence-corrected chi connectivity index (χ3v) is 5.13. The van der Waals surface area contributed by atoms with Crippen LogP contribution in [0.5, 0.6) is 0 Å². The second-order valence-electron chi connectivity index (χ2n) is 7.35. The fourth-order valence-electron chi connectivity index (χ4n) is 3.37. The Bertz CT molecular complexity index is 1120. The van der Waals surface area contributed by atoms with Crippen LogP contribution in [-0.4, -0.2) is 33.3 Å². The molecular formula is C22H19F6N3O2. The van der Waals surface area contributed by atoms with Crippen molar-refractivity contribution in [1.29, 1.82) is 0 Å². The first-order chi connectivity index (χ1) is 15.3. The Balaban J connectivity index is 1.78. The lowest BCUT2D eigenvalue weighted by Crippen LogP contribution is -2.46. The topological polar surface area (TPSA) is 67.2 Å². The van der Waals surface area contributed by atoms with E-state index in [4.69, 9.17) is 0 Å². The van der Waals surface area contributed by atoms with E-state index in [-0.39, 0.29) is 5.56 Å². The third-order valence-electron chi connectivity index (χ3n) is 5.13. The number of alkyl halides is 6. The van der Waals surface area contributed by atoms with Gasteiger partial charge in [0.1, 0.15) is 5.82 Å². The molecule has 33 heavy (non-hydrogen) atoms. The summed E-state index contributed by atoms with van der Waals surface area (Å²) in [6, 6.07) is 10.2. The van der Waals surface area contributed by atoms with Crippen molar-refractivity contribution in [3.8, 4) is 11.1 Å². The van der Waals surface area contributed by atoms with E-state index in [1.54, 1.807) is 6.07 Å². The van der Waals surface area contributed by atoms with E-state index in [1.165, 1.54) is 43.6 Å². The number of hydrogen-bond donors (Lipinski definition) is 2. The normalized spacial score (nSPS) is 14.1. The van der Waals surface area contributed by atoms with E-state index in [0.717, 1.165) is 22.9 Å². The summed E-state index contributed by atoms with van der Waals surface area (Å²) in [5.41, 5.74) is -3.45. The van der Waals surface area contributed by atoms with Crippen LogP contribution >= 0.6 is 0 Å². The van der Waals surface area contributed by atoms with Crippen LogP contribution in [0.25, 0.3) is 11.1 Å². The maximum Gasteiger partial charge on any atom is 0.424 e. The van der Waals surface area contributed by atoms with Crippen molar-refractivity contribution < 1.29 is 36.2 Å². The molecule has 1 amide bonds. The van der Waals surface area contributed by atoms with Gasteiger partial charge in [0.25, 0.3) is 5.91 Å². The molecule has 0 radical (unpaired) electrons. The van der Waals surface area contributed by atoms with Crippen LogP contribution in [0.2, 0.25) is 0 Å². The summed E-state index contributed by atoms with van der Waals surface area (Å²) in [5, 5.41) is 12.7. The number of nitrogens with one attached hydrogen (secondary N) is 1.